The summed E-state index contributed by atoms with van der Waals surface area (Å²) in [5.41, 5.74) is 4.60. The monoisotopic (exact) mass is 440 g/mol. The van der Waals surface area contributed by atoms with E-state index in [1.807, 2.05) is 0 Å². The minimum atomic E-state index is -3.40. The molecule has 0 bridgehead atoms. The lowest BCUT2D eigenvalue weighted by molar-refractivity contribution is 0.0997. The maximum atomic E-state index is 11.4. The second kappa shape index (κ2) is 9.67. The van der Waals surface area contributed by atoms with Gasteiger partial charge in [-0.05, 0) is 12.8 Å². The number of fused-ring (bicyclic) bond motifs is 1. The molecule has 2 aromatic heterocycles. The molecule has 0 aliphatic heterocycles. The largest absolute Gasteiger partial charge is 0.364 e. The molecule has 2 N–H and O–H groups in total. The van der Waals surface area contributed by atoms with Gasteiger partial charge in [-0.3, -0.25) is 13.2 Å². The van der Waals surface area contributed by atoms with Crippen LogP contribution in [0.25, 0.3) is 5.65 Å². The Morgan fingerprint density at radius 1 is 1.11 bits per heavy atom. The van der Waals surface area contributed by atoms with E-state index in [-0.39, 0.29) is 24.6 Å². The number of nitrogens with two attached hydrogens (primary N) is 1. The van der Waals surface area contributed by atoms with Crippen LogP contribution in [-0.2, 0) is 35.7 Å². The number of carbonyl (C=O) groups excluding carboxylic acids is 1. The Bertz CT molecular complexity index is 1050. The lowest BCUT2D eigenvalue weighted by Gasteiger charge is -2.01. The van der Waals surface area contributed by atoms with Crippen LogP contribution in [0.5, 0.6) is 0 Å². The molecule has 0 fully saturated rings. The number of rotatable bonds is 8. The molecule has 0 unspecified atom stereocenters. The number of nitrogens with zero attached hydrogens (tertiary/aromatic N) is 5. The van der Waals surface area contributed by atoms with Crippen molar-refractivity contribution in [3.63, 3.8) is 0 Å². The zero-order valence-corrected chi connectivity index (χ0v) is 16.9. The number of aromatic nitrogens is 5. The second-order valence-corrected chi connectivity index (χ2v) is 8.69. The SMILES string of the molecule is CS(=O)(=O)OCCCCOS(C)(=O)=O.Cn1nnc2c(C(N)=O)ncn2c1=O. The van der Waals surface area contributed by atoms with Gasteiger partial charge >= 0.3 is 5.69 Å². The molecule has 0 aromatic carbocycles. The summed E-state index contributed by atoms with van der Waals surface area (Å²) in [6.07, 6.45) is 3.97. The van der Waals surface area contributed by atoms with Gasteiger partial charge in [-0.15, -0.1) is 5.10 Å². The van der Waals surface area contributed by atoms with E-state index in [0.717, 1.165) is 21.6 Å². The van der Waals surface area contributed by atoms with Crippen molar-refractivity contribution < 1.29 is 30.0 Å². The Hall–Kier alpha value is -2.43. The topological polar surface area (TPSA) is 195 Å². The highest BCUT2D eigenvalue weighted by Crippen LogP contribution is 2.00. The van der Waals surface area contributed by atoms with Gasteiger partial charge in [-0.1, -0.05) is 5.21 Å². The lowest BCUT2D eigenvalue weighted by Crippen LogP contribution is -2.27. The van der Waals surface area contributed by atoms with Crippen LogP contribution in [0.2, 0.25) is 0 Å². The molecule has 2 heterocycles. The zero-order valence-electron chi connectivity index (χ0n) is 15.3. The van der Waals surface area contributed by atoms with E-state index in [4.69, 9.17) is 5.73 Å². The molecule has 0 radical (unpaired) electrons. The summed E-state index contributed by atoms with van der Waals surface area (Å²) >= 11 is 0. The smallest absolute Gasteiger partial charge is 0.352 e. The van der Waals surface area contributed by atoms with E-state index in [1.54, 1.807) is 0 Å². The van der Waals surface area contributed by atoms with Gasteiger partial charge in [0.05, 0.1) is 25.7 Å². The normalized spacial score (nSPS) is 11.8. The van der Waals surface area contributed by atoms with Crippen LogP contribution >= 0.6 is 0 Å². The number of hydrogen-bond donors (Lipinski definition) is 1. The predicted molar refractivity (Wildman–Crippen MR) is 95.4 cm³/mol. The van der Waals surface area contributed by atoms with Crippen molar-refractivity contribution in [1.29, 1.82) is 0 Å². The van der Waals surface area contributed by atoms with Gasteiger partial charge in [0.2, 0.25) is 0 Å². The molecular formula is C12H20N6O8S2. The van der Waals surface area contributed by atoms with E-state index >= 15 is 0 Å². The van der Waals surface area contributed by atoms with Crippen molar-refractivity contribution in [2.75, 3.05) is 25.7 Å². The molecule has 2 rings (SSSR count). The van der Waals surface area contributed by atoms with Gasteiger partial charge in [0.1, 0.15) is 6.33 Å². The summed E-state index contributed by atoms with van der Waals surface area (Å²) in [5, 5.41) is 7.14. The molecular weight excluding hydrogens is 420 g/mol. The Kier molecular flexibility index (Phi) is 8.15. The van der Waals surface area contributed by atoms with Gasteiger partial charge < -0.3 is 5.73 Å². The summed E-state index contributed by atoms with van der Waals surface area (Å²) in [6.45, 7) is 0.0951. The first-order chi connectivity index (χ1) is 12.8. The zero-order chi connectivity index (χ0) is 21.5. The summed E-state index contributed by atoms with van der Waals surface area (Å²) < 4.78 is 52.9. The van der Waals surface area contributed by atoms with Gasteiger partial charge in [0, 0.05) is 7.05 Å². The summed E-state index contributed by atoms with van der Waals surface area (Å²) in [4.78, 5) is 25.9. The average Bonchev–Trinajstić information content (AvgIpc) is 2.98. The summed E-state index contributed by atoms with van der Waals surface area (Å²) in [5.74, 6) is -0.741. The van der Waals surface area contributed by atoms with E-state index in [0.29, 0.717) is 12.8 Å². The van der Waals surface area contributed by atoms with Crippen LogP contribution in [0.1, 0.15) is 23.3 Å². The van der Waals surface area contributed by atoms with E-state index in [2.05, 4.69) is 23.7 Å². The summed E-state index contributed by atoms with van der Waals surface area (Å²) in [6, 6.07) is 0. The minimum absolute atomic E-state index is 0.0476. The number of imidazole rings is 1. The third-order valence-corrected chi connectivity index (χ3v) is 4.06. The molecule has 158 valence electrons. The van der Waals surface area contributed by atoms with Gasteiger partial charge in [-0.25, -0.2) is 14.2 Å². The maximum absolute atomic E-state index is 11.4. The van der Waals surface area contributed by atoms with Gasteiger partial charge in [-0.2, -0.15) is 21.5 Å². The lowest BCUT2D eigenvalue weighted by atomic mass is 10.3. The van der Waals surface area contributed by atoms with Crippen molar-refractivity contribution >= 4 is 31.8 Å². The van der Waals surface area contributed by atoms with Gasteiger partial charge in [0.25, 0.3) is 26.1 Å². The van der Waals surface area contributed by atoms with Crippen LogP contribution in [-0.4, -0.2) is 72.8 Å². The number of carbonyl (C=O) groups is 1. The highest BCUT2D eigenvalue weighted by molar-refractivity contribution is 7.86. The molecule has 0 aliphatic carbocycles. The number of hydrogen-bond acceptors (Lipinski definition) is 11. The highest BCUT2D eigenvalue weighted by atomic mass is 32.2. The maximum Gasteiger partial charge on any atom is 0.352 e. The fourth-order valence-electron chi connectivity index (χ4n) is 1.68. The standard InChI is InChI=1S/C6H6N6O2.C6H14O6S2/c1-11-6(14)12-2-8-3(4(7)13)5(12)9-10-11;1-13(7,8)11-5-3-4-6-12-14(2,9)10/h2H,1H3,(H2,7,13);3-6H2,1-2H3. The van der Waals surface area contributed by atoms with Crippen LogP contribution in [0.15, 0.2) is 11.1 Å². The highest BCUT2D eigenvalue weighted by Gasteiger charge is 2.13. The third kappa shape index (κ3) is 8.07. The molecule has 0 aliphatic rings. The van der Waals surface area contributed by atoms with Gasteiger partial charge in [0.15, 0.2) is 11.3 Å². The van der Waals surface area contributed by atoms with Crippen molar-refractivity contribution in [2.24, 2.45) is 12.8 Å². The molecule has 14 nitrogen and oxygen atoms in total. The van der Waals surface area contributed by atoms with Crippen molar-refractivity contribution in [3.8, 4) is 0 Å². The molecule has 1 amide bonds. The summed E-state index contributed by atoms with van der Waals surface area (Å²) in [7, 11) is -5.35. The molecule has 0 saturated heterocycles. The van der Waals surface area contributed by atoms with Crippen LogP contribution in [0, 0.1) is 0 Å². The van der Waals surface area contributed by atoms with Crippen LogP contribution in [0.4, 0.5) is 0 Å². The molecule has 16 heteroatoms. The number of primary amides is 1. The number of amides is 1. The second-order valence-electron chi connectivity index (χ2n) is 5.41. The first-order valence-corrected chi connectivity index (χ1v) is 11.2. The van der Waals surface area contributed by atoms with E-state index < -0.39 is 31.8 Å². The van der Waals surface area contributed by atoms with Crippen LogP contribution < -0.4 is 11.4 Å². The average molecular weight is 440 g/mol. The Labute approximate surface area is 160 Å². The van der Waals surface area contributed by atoms with Crippen molar-refractivity contribution in [3.05, 3.63) is 22.5 Å². The fourth-order valence-corrected chi connectivity index (χ4v) is 2.52. The fraction of sp³-hybridized carbons (Fsp3) is 0.583. The van der Waals surface area contributed by atoms with Crippen molar-refractivity contribution in [2.45, 2.75) is 12.8 Å². The first-order valence-electron chi connectivity index (χ1n) is 7.57. The Morgan fingerprint density at radius 2 is 1.61 bits per heavy atom. The number of unbranched alkanes of at least 4 members (excludes halogenated alkanes) is 1. The van der Waals surface area contributed by atoms with E-state index in [1.165, 1.54) is 13.4 Å². The molecule has 0 spiro atoms. The third-order valence-electron chi connectivity index (χ3n) is 2.87. The quantitative estimate of drug-likeness (QED) is 0.340. The molecule has 0 saturated carbocycles. The van der Waals surface area contributed by atoms with E-state index in [9.17, 15) is 26.4 Å². The number of aryl methyl sites for hydroxylation is 1. The molecule has 0 atom stereocenters. The minimum Gasteiger partial charge on any atom is -0.364 e. The Balaban J connectivity index is 0.000000280. The van der Waals surface area contributed by atoms with Crippen LogP contribution in [0.3, 0.4) is 0 Å². The Morgan fingerprint density at radius 3 is 2.04 bits per heavy atom. The molecule has 2 aromatic rings. The van der Waals surface area contributed by atoms with Crippen molar-refractivity contribution in [1.82, 2.24) is 24.4 Å². The predicted octanol–water partition coefficient (Wildman–Crippen LogP) is -2.36. The first kappa shape index (κ1) is 23.6. The molecule has 28 heavy (non-hydrogen) atoms.